The van der Waals surface area contributed by atoms with E-state index in [1.54, 1.807) is 26.0 Å². The van der Waals surface area contributed by atoms with E-state index in [0.29, 0.717) is 5.75 Å². The minimum atomic E-state index is -0.941. The van der Waals surface area contributed by atoms with E-state index in [2.05, 4.69) is 12.1 Å². The molecule has 4 heteroatoms. The molecule has 2 N–H and O–H groups in total. The maximum atomic E-state index is 12.5. The van der Waals surface area contributed by atoms with E-state index >= 15 is 0 Å². The molecule has 24 heavy (non-hydrogen) atoms. The Morgan fingerprint density at radius 1 is 1.08 bits per heavy atom. The molecule has 0 atom stereocenters. The SMILES string of the molecule is CC1(C)Oc2cc(CCc3ccccc3)cc(O)c2C(=O)C1=CO. The number of aryl methyl sites for hydroxylation is 2. The Labute approximate surface area is 141 Å². The molecule has 0 radical (unpaired) electrons. The molecule has 0 unspecified atom stereocenters. The number of aromatic hydroxyl groups is 1. The predicted molar refractivity (Wildman–Crippen MR) is 91.7 cm³/mol. The Morgan fingerprint density at radius 3 is 2.42 bits per heavy atom. The Bertz CT molecular complexity index is 804. The molecule has 0 saturated heterocycles. The van der Waals surface area contributed by atoms with Gasteiger partial charge in [0.2, 0.25) is 5.78 Å². The van der Waals surface area contributed by atoms with Gasteiger partial charge in [-0.05, 0) is 49.9 Å². The van der Waals surface area contributed by atoms with Gasteiger partial charge in [-0.3, -0.25) is 4.79 Å². The smallest absolute Gasteiger partial charge is 0.203 e. The maximum absolute atomic E-state index is 12.5. The number of phenols is 1. The highest BCUT2D eigenvalue weighted by Crippen LogP contribution is 2.41. The van der Waals surface area contributed by atoms with Gasteiger partial charge in [-0.25, -0.2) is 0 Å². The number of aliphatic hydroxyl groups is 1. The average Bonchev–Trinajstić information content (AvgIpc) is 2.52. The fourth-order valence-electron chi connectivity index (χ4n) is 2.99. The highest BCUT2D eigenvalue weighted by Gasteiger charge is 2.40. The van der Waals surface area contributed by atoms with Gasteiger partial charge in [0.05, 0.1) is 11.8 Å². The number of carbonyl (C=O) groups excluding carboxylic acids is 1. The van der Waals surface area contributed by atoms with Crippen LogP contribution >= 0.6 is 0 Å². The van der Waals surface area contributed by atoms with Gasteiger partial charge in [0.1, 0.15) is 22.7 Å². The van der Waals surface area contributed by atoms with Crippen molar-refractivity contribution in [3.8, 4) is 11.5 Å². The topological polar surface area (TPSA) is 66.8 Å². The average molecular weight is 324 g/mol. The summed E-state index contributed by atoms with van der Waals surface area (Å²) in [5.74, 6) is -0.162. The van der Waals surface area contributed by atoms with Crippen LogP contribution in [0.5, 0.6) is 11.5 Å². The van der Waals surface area contributed by atoms with Crippen molar-refractivity contribution in [1.29, 1.82) is 0 Å². The zero-order valence-electron chi connectivity index (χ0n) is 13.7. The standard InChI is InChI=1S/C20H20O4/c1-20(2)15(12-21)19(23)18-16(22)10-14(11-17(18)24-20)9-8-13-6-4-3-5-7-13/h3-7,10-12,21-22H,8-9H2,1-2H3. The predicted octanol–water partition coefficient (Wildman–Crippen LogP) is 3.97. The molecule has 124 valence electrons. The molecule has 3 rings (SSSR count). The molecule has 0 fully saturated rings. The van der Waals surface area contributed by atoms with Crippen molar-refractivity contribution in [3.63, 3.8) is 0 Å². The van der Waals surface area contributed by atoms with E-state index in [-0.39, 0.29) is 16.9 Å². The van der Waals surface area contributed by atoms with E-state index in [1.807, 2.05) is 18.2 Å². The van der Waals surface area contributed by atoms with Crippen LogP contribution < -0.4 is 4.74 Å². The molecule has 4 nitrogen and oxygen atoms in total. The van der Waals surface area contributed by atoms with E-state index in [9.17, 15) is 15.0 Å². The van der Waals surface area contributed by atoms with Crippen LogP contribution in [0.3, 0.4) is 0 Å². The van der Waals surface area contributed by atoms with Crippen molar-refractivity contribution in [2.75, 3.05) is 0 Å². The van der Waals surface area contributed by atoms with Crippen LogP contribution in [0.1, 0.15) is 35.3 Å². The number of benzene rings is 2. The van der Waals surface area contributed by atoms with Gasteiger partial charge in [0, 0.05) is 0 Å². The van der Waals surface area contributed by atoms with Crippen LogP contribution in [0.25, 0.3) is 0 Å². The van der Waals surface area contributed by atoms with E-state index < -0.39 is 11.4 Å². The van der Waals surface area contributed by atoms with Gasteiger partial charge >= 0.3 is 0 Å². The molecular formula is C20H20O4. The summed E-state index contributed by atoms with van der Waals surface area (Å²) in [4.78, 5) is 12.5. The Kier molecular flexibility index (Phi) is 4.06. The van der Waals surface area contributed by atoms with Crippen molar-refractivity contribution < 1.29 is 19.7 Å². The van der Waals surface area contributed by atoms with Gasteiger partial charge in [-0.15, -0.1) is 0 Å². The largest absolute Gasteiger partial charge is 0.515 e. The Morgan fingerprint density at radius 2 is 1.75 bits per heavy atom. The second-order valence-electron chi connectivity index (χ2n) is 6.46. The van der Waals surface area contributed by atoms with Crippen LogP contribution in [0.2, 0.25) is 0 Å². The van der Waals surface area contributed by atoms with Crippen LogP contribution in [-0.2, 0) is 12.8 Å². The number of ether oxygens (including phenoxy) is 1. The van der Waals surface area contributed by atoms with Gasteiger partial charge in [-0.2, -0.15) is 0 Å². The third-order valence-electron chi connectivity index (χ3n) is 4.30. The first-order valence-corrected chi connectivity index (χ1v) is 7.91. The number of ketones is 1. The fraction of sp³-hybridized carbons (Fsp3) is 0.250. The molecule has 2 aromatic carbocycles. The Hall–Kier alpha value is -2.75. The summed E-state index contributed by atoms with van der Waals surface area (Å²) in [6.45, 7) is 3.42. The first-order valence-electron chi connectivity index (χ1n) is 7.91. The number of Topliss-reactive ketones (excluding diaryl/α,β-unsaturated/α-hetero) is 1. The highest BCUT2D eigenvalue weighted by molar-refractivity contribution is 6.14. The minimum absolute atomic E-state index is 0.109. The number of carbonyl (C=O) groups is 1. The summed E-state index contributed by atoms with van der Waals surface area (Å²) in [5.41, 5.74) is 1.40. The monoisotopic (exact) mass is 324 g/mol. The van der Waals surface area contributed by atoms with Crippen LogP contribution in [-0.4, -0.2) is 21.6 Å². The second-order valence-corrected chi connectivity index (χ2v) is 6.46. The molecular weight excluding hydrogens is 304 g/mol. The fourth-order valence-corrected chi connectivity index (χ4v) is 2.99. The van der Waals surface area contributed by atoms with Crippen molar-refractivity contribution in [1.82, 2.24) is 0 Å². The number of rotatable bonds is 3. The molecule has 2 aromatic rings. The van der Waals surface area contributed by atoms with Crippen LogP contribution in [0, 0.1) is 0 Å². The lowest BCUT2D eigenvalue weighted by molar-refractivity contribution is 0.0838. The molecule has 0 aromatic heterocycles. The number of aliphatic hydroxyl groups excluding tert-OH is 1. The number of hydrogen-bond donors (Lipinski definition) is 2. The molecule has 1 aliphatic rings. The van der Waals surface area contributed by atoms with Crippen molar-refractivity contribution in [2.45, 2.75) is 32.3 Å². The van der Waals surface area contributed by atoms with Crippen molar-refractivity contribution in [3.05, 3.63) is 71.0 Å². The summed E-state index contributed by atoms with van der Waals surface area (Å²) in [6, 6.07) is 13.5. The van der Waals surface area contributed by atoms with Crippen LogP contribution in [0.15, 0.2) is 54.3 Å². The molecule has 1 aliphatic heterocycles. The summed E-state index contributed by atoms with van der Waals surface area (Å²) in [7, 11) is 0. The van der Waals surface area contributed by atoms with Gasteiger partial charge in [-0.1, -0.05) is 30.3 Å². The van der Waals surface area contributed by atoms with Crippen molar-refractivity contribution in [2.24, 2.45) is 0 Å². The van der Waals surface area contributed by atoms with Crippen LogP contribution in [0.4, 0.5) is 0 Å². The maximum Gasteiger partial charge on any atom is 0.203 e. The van der Waals surface area contributed by atoms with E-state index in [1.165, 1.54) is 5.56 Å². The zero-order valence-corrected chi connectivity index (χ0v) is 13.7. The Balaban J connectivity index is 1.92. The third-order valence-corrected chi connectivity index (χ3v) is 4.30. The molecule has 0 aliphatic carbocycles. The lowest BCUT2D eigenvalue weighted by Crippen LogP contribution is -2.39. The molecule has 0 spiro atoms. The molecule has 0 amide bonds. The van der Waals surface area contributed by atoms with E-state index in [4.69, 9.17) is 4.74 Å². The van der Waals surface area contributed by atoms with Gasteiger partial charge in [0.15, 0.2) is 0 Å². The summed E-state index contributed by atoms with van der Waals surface area (Å²) in [5, 5.41) is 19.6. The second kappa shape index (κ2) is 6.04. The lowest BCUT2D eigenvalue weighted by Gasteiger charge is -2.33. The number of hydrogen-bond acceptors (Lipinski definition) is 4. The lowest BCUT2D eigenvalue weighted by atomic mass is 9.86. The third kappa shape index (κ3) is 2.87. The molecule has 1 heterocycles. The molecule has 0 bridgehead atoms. The number of phenolic OH excluding ortho intramolecular Hbond substituents is 1. The zero-order chi connectivity index (χ0) is 17.3. The highest BCUT2D eigenvalue weighted by atomic mass is 16.5. The summed E-state index contributed by atoms with van der Waals surface area (Å²) >= 11 is 0. The van der Waals surface area contributed by atoms with E-state index in [0.717, 1.165) is 24.7 Å². The van der Waals surface area contributed by atoms with Crippen molar-refractivity contribution >= 4 is 5.78 Å². The number of fused-ring (bicyclic) bond motifs is 1. The quantitative estimate of drug-likeness (QED) is 0.662. The van der Waals surface area contributed by atoms with Gasteiger partial charge in [0.25, 0.3) is 0 Å². The summed E-state index contributed by atoms with van der Waals surface area (Å²) in [6.07, 6.45) is 2.32. The normalized spacial score (nSPS) is 17.4. The molecule has 0 saturated carbocycles. The first-order chi connectivity index (χ1) is 11.4. The summed E-state index contributed by atoms with van der Waals surface area (Å²) < 4.78 is 5.86. The van der Waals surface area contributed by atoms with Gasteiger partial charge < -0.3 is 14.9 Å². The minimum Gasteiger partial charge on any atom is -0.515 e. The first kappa shape index (κ1) is 16.1.